The van der Waals surface area contributed by atoms with Crippen molar-refractivity contribution in [1.82, 2.24) is 0 Å². The lowest BCUT2D eigenvalue weighted by Gasteiger charge is -2.16. The van der Waals surface area contributed by atoms with E-state index < -0.39 is 30.4 Å². The van der Waals surface area contributed by atoms with E-state index in [1.54, 1.807) is 0 Å². The predicted molar refractivity (Wildman–Crippen MR) is 62.5 cm³/mol. The lowest BCUT2D eigenvalue weighted by Crippen LogP contribution is -2.26. The number of ketones is 1. The van der Waals surface area contributed by atoms with E-state index in [-0.39, 0.29) is 5.78 Å². The highest BCUT2D eigenvalue weighted by molar-refractivity contribution is 5.91. The SMILES string of the molecule is CCC#CCC1C(=O)CCC1OC(=O)CC(=O)O. The lowest BCUT2D eigenvalue weighted by atomic mass is 10.0. The van der Waals surface area contributed by atoms with Gasteiger partial charge in [-0.15, -0.1) is 11.8 Å². The predicted octanol–water partition coefficient (Wildman–Crippen LogP) is 1.16. The van der Waals surface area contributed by atoms with Gasteiger partial charge in [-0.3, -0.25) is 14.4 Å². The van der Waals surface area contributed by atoms with Gasteiger partial charge in [0, 0.05) is 19.3 Å². The molecule has 98 valence electrons. The van der Waals surface area contributed by atoms with Crippen LogP contribution < -0.4 is 0 Å². The number of hydrogen-bond acceptors (Lipinski definition) is 4. The first-order valence-electron chi connectivity index (χ1n) is 5.94. The maximum Gasteiger partial charge on any atom is 0.317 e. The molecule has 1 aliphatic carbocycles. The van der Waals surface area contributed by atoms with Gasteiger partial charge in [-0.2, -0.15) is 0 Å². The van der Waals surface area contributed by atoms with Crippen LogP contribution in [0.15, 0.2) is 0 Å². The largest absolute Gasteiger partial charge is 0.481 e. The number of carbonyl (C=O) groups excluding carboxylic acids is 2. The molecule has 18 heavy (non-hydrogen) atoms. The molecule has 2 atom stereocenters. The fourth-order valence-corrected chi connectivity index (χ4v) is 1.91. The zero-order chi connectivity index (χ0) is 13.5. The third kappa shape index (κ3) is 4.21. The molecule has 5 nitrogen and oxygen atoms in total. The van der Waals surface area contributed by atoms with Crippen LogP contribution >= 0.6 is 0 Å². The highest BCUT2D eigenvalue weighted by atomic mass is 16.5. The topological polar surface area (TPSA) is 80.7 Å². The summed E-state index contributed by atoms with van der Waals surface area (Å²) in [6.07, 6.45) is 0.724. The zero-order valence-corrected chi connectivity index (χ0v) is 10.3. The van der Waals surface area contributed by atoms with Crippen molar-refractivity contribution in [2.75, 3.05) is 0 Å². The van der Waals surface area contributed by atoms with Crippen LogP contribution in [0, 0.1) is 17.8 Å². The van der Waals surface area contributed by atoms with Crippen LogP contribution in [0.5, 0.6) is 0 Å². The van der Waals surface area contributed by atoms with Gasteiger partial charge in [-0.05, 0) is 6.42 Å². The minimum atomic E-state index is -1.23. The summed E-state index contributed by atoms with van der Waals surface area (Å²) in [5, 5.41) is 8.46. The molecule has 0 radical (unpaired) electrons. The van der Waals surface area contributed by atoms with Gasteiger partial charge in [0.25, 0.3) is 0 Å². The molecule has 0 aromatic heterocycles. The minimum absolute atomic E-state index is 0.0357. The summed E-state index contributed by atoms with van der Waals surface area (Å²) >= 11 is 0. The molecule has 2 unspecified atom stereocenters. The summed E-state index contributed by atoms with van der Waals surface area (Å²) in [6.45, 7) is 1.91. The van der Waals surface area contributed by atoms with E-state index in [4.69, 9.17) is 9.84 Å². The van der Waals surface area contributed by atoms with Crippen LogP contribution in [0.1, 0.15) is 39.0 Å². The summed E-state index contributed by atoms with van der Waals surface area (Å²) in [4.78, 5) is 33.2. The fourth-order valence-electron chi connectivity index (χ4n) is 1.91. The zero-order valence-electron chi connectivity index (χ0n) is 10.3. The van der Waals surface area contributed by atoms with Gasteiger partial charge < -0.3 is 9.84 Å². The number of carboxylic acid groups (broad SMARTS) is 1. The number of aliphatic carboxylic acids is 1. The van der Waals surface area contributed by atoms with Crippen molar-refractivity contribution >= 4 is 17.7 Å². The Morgan fingerprint density at radius 1 is 1.44 bits per heavy atom. The third-order valence-corrected chi connectivity index (χ3v) is 2.74. The van der Waals surface area contributed by atoms with Crippen LogP contribution in [-0.2, 0) is 19.1 Å². The molecular weight excluding hydrogens is 236 g/mol. The molecular formula is C13H16O5. The van der Waals surface area contributed by atoms with Crippen molar-refractivity contribution in [3.63, 3.8) is 0 Å². The van der Waals surface area contributed by atoms with Gasteiger partial charge in [-0.1, -0.05) is 6.92 Å². The highest BCUT2D eigenvalue weighted by Crippen LogP contribution is 2.28. The summed E-state index contributed by atoms with van der Waals surface area (Å²) in [5.74, 6) is 3.35. The number of hydrogen-bond donors (Lipinski definition) is 1. The molecule has 0 amide bonds. The molecule has 0 aromatic carbocycles. The molecule has 1 rings (SSSR count). The lowest BCUT2D eigenvalue weighted by molar-refractivity contribution is -0.156. The van der Waals surface area contributed by atoms with Gasteiger partial charge in [0.1, 0.15) is 18.3 Å². The van der Waals surface area contributed by atoms with Crippen molar-refractivity contribution in [1.29, 1.82) is 0 Å². The van der Waals surface area contributed by atoms with Crippen LogP contribution in [0.25, 0.3) is 0 Å². The molecule has 5 heteroatoms. The Kier molecular flexibility index (Phi) is 5.37. The second kappa shape index (κ2) is 6.80. The second-order valence-electron chi connectivity index (χ2n) is 4.12. The molecule has 0 bridgehead atoms. The van der Waals surface area contributed by atoms with Crippen molar-refractivity contribution < 1.29 is 24.2 Å². The first-order chi connectivity index (χ1) is 8.54. The van der Waals surface area contributed by atoms with Crippen molar-refractivity contribution in [3.05, 3.63) is 0 Å². The Hall–Kier alpha value is -1.83. The molecule has 0 spiro atoms. The third-order valence-electron chi connectivity index (χ3n) is 2.74. The molecule has 1 fully saturated rings. The Bertz CT molecular complexity index is 401. The monoisotopic (exact) mass is 252 g/mol. The molecule has 1 N–H and O–H groups in total. The second-order valence-corrected chi connectivity index (χ2v) is 4.12. The van der Waals surface area contributed by atoms with E-state index in [1.165, 1.54) is 0 Å². The van der Waals surface area contributed by atoms with Crippen molar-refractivity contribution in [2.45, 2.75) is 45.1 Å². The minimum Gasteiger partial charge on any atom is -0.481 e. The van der Waals surface area contributed by atoms with Crippen LogP contribution in [0.4, 0.5) is 0 Å². The Morgan fingerprint density at radius 2 is 2.17 bits per heavy atom. The van der Waals surface area contributed by atoms with E-state index in [9.17, 15) is 14.4 Å². The summed E-state index contributed by atoms with van der Waals surface area (Å²) in [6, 6.07) is 0. The van der Waals surface area contributed by atoms with Crippen LogP contribution in [0.3, 0.4) is 0 Å². The van der Waals surface area contributed by atoms with E-state index in [1.807, 2.05) is 6.92 Å². The molecule has 1 saturated carbocycles. The summed E-state index contributed by atoms with van der Waals surface area (Å²) in [7, 11) is 0. The number of carbonyl (C=O) groups is 3. The number of carboxylic acids is 1. The average Bonchev–Trinajstić information content (AvgIpc) is 2.60. The van der Waals surface area contributed by atoms with Crippen LogP contribution in [0.2, 0.25) is 0 Å². The number of Topliss-reactive ketones (excluding diaryl/α,β-unsaturated/α-hetero) is 1. The smallest absolute Gasteiger partial charge is 0.317 e. The highest BCUT2D eigenvalue weighted by Gasteiger charge is 2.36. The van der Waals surface area contributed by atoms with Crippen molar-refractivity contribution in [3.8, 4) is 11.8 Å². The van der Waals surface area contributed by atoms with Gasteiger partial charge in [-0.25, -0.2) is 0 Å². The van der Waals surface area contributed by atoms with Crippen molar-refractivity contribution in [2.24, 2.45) is 5.92 Å². The molecule has 1 aliphatic rings. The molecule has 0 aromatic rings. The average molecular weight is 252 g/mol. The number of esters is 1. The maximum absolute atomic E-state index is 11.6. The van der Waals surface area contributed by atoms with E-state index in [2.05, 4.69) is 11.8 Å². The summed E-state index contributed by atoms with van der Waals surface area (Å²) in [5.41, 5.74) is 0. The van der Waals surface area contributed by atoms with E-state index in [0.29, 0.717) is 25.7 Å². The molecule has 0 saturated heterocycles. The Balaban J connectivity index is 2.55. The standard InChI is InChI=1S/C13H16O5/c1-2-3-4-5-9-10(14)6-7-11(9)18-13(17)8-12(15)16/h9,11H,2,5-8H2,1H3,(H,15,16). The molecule has 0 aliphatic heterocycles. The van der Waals surface area contributed by atoms with E-state index >= 15 is 0 Å². The normalized spacial score (nSPS) is 22.2. The fraction of sp³-hybridized carbons (Fsp3) is 0.615. The van der Waals surface area contributed by atoms with Crippen LogP contribution in [-0.4, -0.2) is 28.9 Å². The molecule has 0 heterocycles. The van der Waals surface area contributed by atoms with Gasteiger partial charge in [0.2, 0.25) is 0 Å². The first-order valence-corrected chi connectivity index (χ1v) is 5.94. The Labute approximate surface area is 106 Å². The van der Waals surface area contributed by atoms with Gasteiger partial charge >= 0.3 is 11.9 Å². The summed E-state index contributed by atoms with van der Waals surface area (Å²) < 4.78 is 5.03. The van der Waals surface area contributed by atoms with Gasteiger partial charge in [0.15, 0.2) is 0 Å². The number of rotatable bonds is 4. The quantitative estimate of drug-likeness (QED) is 0.461. The first kappa shape index (κ1) is 14.2. The number of ether oxygens (including phenoxy) is 1. The van der Waals surface area contributed by atoms with Gasteiger partial charge in [0.05, 0.1) is 5.92 Å². The Morgan fingerprint density at radius 3 is 2.78 bits per heavy atom. The maximum atomic E-state index is 11.6. The van der Waals surface area contributed by atoms with E-state index in [0.717, 1.165) is 0 Å².